The molecule has 7 heteroatoms. The van der Waals surface area contributed by atoms with Gasteiger partial charge < -0.3 is 9.88 Å². The van der Waals surface area contributed by atoms with Gasteiger partial charge in [0.2, 0.25) is 5.91 Å². The Balaban J connectivity index is 0.00000180. The molecule has 0 aliphatic carbocycles. The largest absolute Gasteiger partial charge is 0.354 e. The maximum atomic E-state index is 11.7. The second-order valence-electron chi connectivity index (χ2n) is 4.35. The van der Waals surface area contributed by atoms with Crippen molar-refractivity contribution in [2.75, 3.05) is 13.1 Å². The van der Waals surface area contributed by atoms with E-state index >= 15 is 0 Å². The lowest BCUT2D eigenvalue weighted by Gasteiger charge is -2.11. The number of imidazole rings is 1. The molecule has 20 heavy (non-hydrogen) atoms. The van der Waals surface area contributed by atoms with Crippen molar-refractivity contribution in [2.45, 2.75) is 32.4 Å². The highest BCUT2D eigenvalue weighted by atomic mass is 35.5. The molecule has 2 N–H and O–H groups in total. The number of nitrogens with zero attached hydrogens (tertiary/aromatic N) is 2. The Labute approximate surface area is 132 Å². The zero-order valence-electron chi connectivity index (χ0n) is 11.5. The van der Waals surface area contributed by atoms with Crippen LogP contribution < -0.4 is 10.6 Å². The van der Waals surface area contributed by atoms with Gasteiger partial charge in [-0.15, -0.1) is 24.8 Å². The minimum Gasteiger partial charge on any atom is -0.354 e. The van der Waals surface area contributed by atoms with E-state index in [0.717, 1.165) is 31.8 Å². The fourth-order valence-corrected chi connectivity index (χ4v) is 2.08. The summed E-state index contributed by atoms with van der Waals surface area (Å²) in [6.45, 7) is 4.48. The number of carbonyl (C=O) groups excluding carboxylic acids is 1. The summed E-state index contributed by atoms with van der Waals surface area (Å²) in [7, 11) is 0. The lowest BCUT2D eigenvalue weighted by Crippen LogP contribution is -2.40. The van der Waals surface area contributed by atoms with Crippen LogP contribution in [0.1, 0.15) is 19.2 Å². The first-order chi connectivity index (χ1) is 8.81. The molecule has 2 heterocycles. The van der Waals surface area contributed by atoms with Crippen LogP contribution in [0.2, 0.25) is 0 Å². The van der Waals surface area contributed by atoms with Gasteiger partial charge in [-0.1, -0.05) is 19.1 Å². The molecule has 0 spiro atoms. The van der Waals surface area contributed by atoms with E-state index in [1.165, 1.54) is 0 Å². The average molecular weight is 321 g/mol. The molecular weight excluding hydrogens is 299 g/mol. The van der Waals surface area contributed by atoms with E-state index in [1.807, 2.05) is 24.5 Å². The second kappa shape index (κ2) is 9.80. The Kier molecular flexibility index (Phi) is 9.29. The number of hydrogen-bond donors (Lipinski definition) is 2. The maximum absolute atomic E-state index is 11.7. The summed E-state index contributed by atoms with van der Waals surface area (Å²) in [5.41, 5.74) is 0. The highest BCUT2D eigenvalue weighted by molar-refractivity contribution is 5.85. The van der Waals surface area contributed by atoms with Gasteiger partial charge in [-0.3, -0.25) is 10.1 Å². The zero-order chi connectivity index (χ0) is 12.8. The van der Waals surface area contributed by atoms with Gasteiger partial charge >= 0.3 is 0 Å². The normalized spacial score (nSPS) is 16.4. The minimum atomic E-state index is -0.149. The summed E-state index contributed by atoms with van der Waals surface area (Å²) >= 11 is 0. The molecule has 1 unspecified atom stereocenters. The van der Waals surface area contributed by atoms with Crippen molar-refractivity contribution in [1.29, 1.82) is 0 Å². The van der Waals surface area contributed by atoms with Gasteiger partial charge in [-0.05, 0) is 6.42 Å². The molecule has 1 aliphatic rings. The molecule has 0 bridgehead atoms. The third-order valence-corrected chi connectivity index (χ3v) is 3.06. The number of aryl methyl sites for hydroxylation is 2. The fraction of sp³-hybridized carbons (Fsp3) is 0.538. The van der Waals surface area contributed by atoms with E-state index < -0.39 is 0 Å². The first kappa shape index (κ1) is 19.0. The van der Waals surface area contributed by atoms with Crippen molar-refractivity contribution in [3.05, 3.63) is 30.4 Å². The summed E-state index contributed by atoms with van der Waals surface area (Å²) in [5.74, 6) is 1.16. The first-order valence-electron chi connectivity index (χ1n) is 6.49. The molecule has 1 aliphatic heterocycles. The van der Waals surface area contributed by atoms with Gasteiger partial charge in [0, 0.05) is 38.4 Å². The van der Waals surface area contributed by atoms with Crippen LogP contribution in [0.25, 0.3) is 0 Å². The Morgan fingerprint density at radius 3 is 3.00 bits per heavy atom. The lowest BCUT2D eigenvalue weighted by atomic mass is 10.3. The number of carbonyl (C=O) groups is 1. The van der Waals surface area contributed by atoms with Crippen molar-refractivity contribution in [1.82, 2.24) is 20.2 Å². The molecule has 2 rings (SSSR count). The standard InChI is InChI=1S/C13H20N4O.2ClH/c1-2-12-15-8-10-17(12)9-4-7-16-13(18)11-5-3-6-14-11;;/h3,5,8,10-11,14H,2,4,6-7,9H2,1H3,(H,16,18);2*1H. The quantitative estimate of drug-likeness (QED) is 0.614. The molecule has 0 aromatic carbocycles. The summed E-state index contributed by atoms with van der Waals surface area (Å²) in [6, 6.07) is -0.149. The molecule has 5 nitrogen and oxygen atoms in total. The van der Waals surface area contributed by atoms with Crippen molar-refractivity contribution in [2.24, 2.45) is 0 Å². The topological polar surface area (TPSA) is 59.0 Å². The average Bonchev–Trinajstić information content (AvgIpc) is 3.04. The number of aromatic nitrogens is 2. The lowest BCUT2D eigenvalue weighted by molar-refractivity contribution is -0.121. The van der Waals surface area contributed by atoms with Crippen LogP contribution >= 0.6 is 24.8 Å². The third-order valence-electron chi connectivity index (χ3n) is 3.06. The second-order valence-corrected chi connectivity index (χ2v) is 4.35. The van der Waals surface area contributed by atoms with Crippen LogP contribution in [-0.2, 0) is 17.8 Å². The first-order valence-corrected chi connectivity index (χ1v) is 6.49. The van der Waals surface area contributed by atoms with E-state index in [2.05, 4.69) is 27.1 Å². The molecule has 1 aromatic rings. The van der Waals surface area contributed by atoms with Crippen LogP contribution in [0.4, 0.5) is 0 Å². The SMILES string of the molecule is CCc1nccn1CCCNC(=O)C1C=CCN1.Cl.Cl. The van der Waals surface area contributed by atoms with Gasteiger partial charge in [0.05, 0.1) is 0 Å². The maximum Gasteiger partial charge on any atom is 0.241 e. The number of amides is 1. The van der Waals surface area contributed by atoms with Crippen LogP contribution in [0.5, 0.6) is 0 Å². The Hall–Kier alpha value is -1.04. The summed E-state index contributed by atoms with van der Waals surface area (Å²) in [5, 5.41) is 6.03. The van der Waals surface area contributed by atoms with Crippen LogP contribution in [0.3, 0.4) is 0 Å². The molecule has 0 fully saturated rings. The molecule has 0 saturated carbocycles. The molecule has 0 radical (unpaired) electrons. The molecule has 114 valence electrons. The summed E-state index contributed by atoms with van der Waals surface area (Å²) in [6.07, 6.45) is 9.55. The van der Waals surface area contributed by atoms with Gasteiger partial charge in [0.1, 0.15) is 11.9 Å². The molecule has 0 saturated heterocycles. The van der Waals surface area contributed by atoms with E-state index in [4.69, 9.17) is 0 Å². The van der Waals surface area contributed by atoms with Gasteiger partial charge in [0.25, 0.3) is 0 Å². The van der Waals surface area contributed by atoms with Gasteiger partial charge in [-0.25, -0.2) is 4.98 Å². The predicted octanol–water partition coefficient (Wildman–Crippen LogP) is 1.32. The number of halogens is 2. The van der Waals surface area contributed by atoms with Crippen molar-refractivity contribution in [3.63, 3.8) is 0 Å². The minimum absolute atomic E-state index is 0. The Morgan fingerprint density at radius 1 is 1.55 bits per heavy atom. The van der Waals surface area contributed by atoms with Gasteiger partial charge in [-0.2, -0.15) is 0 Å². The third kappa shape index (κ3) is 5.15. The molecule has 1 aromatic heterocycles. The Morgan fingerprint density at radius 2 is 2.35 bits per heavy atom. The van der Waals surface area contributed by atoms with Gasteiger partial charge in [0.15, 0.2) is 0 Å². The van der Waals surface area contributed by atoms with Crippen molar-refractivity contribution >= 4 is 30.7 Å². The van der Waals surface area contributed by atoms with Crippen LogP contribution in [-0.4, -0.2) is 34.6 Å². The highest BCUT2D eigenvalue weighted by Crippen LogP contribution is 2.00. The molecule has 1 atom stereocenters. The van der Waals surface area contributed by atoms with Crippen molar-refractivity contribution < 1.29 is 4.79 Å². The van der Waals surface area contributed by atoms with E-state index in [0.29, 0.717) is 6.54 Å². The Bertz CT molecular complexity index is 434. The summed E-state index contributed by atoms with van der Waals surface area (Å²) < 4.78 is 2.14. The molecule has 1 amide bonds. The monoisotopic (exact) mass is 320 g/mol. The van der Waals surface area contributed by atoms with Crippen LogP contribution in [0, 0.1) is 0 Å². The zero-order valence-corrected chi connectivity index (χ0v) is 13.2. The van der Waals surface area contributed by atoms with E-state index in [-0.39, 0.29) is 36.8 Å². The number of nitrogens with one attached hydrogen (secondary N) is 2. The molecular formula is C13H22Cl2N4O. The fourth-order valence-electron chi connectivity index (χ4n) is 2.08. The van der Waals surface area contributed by atoms with E-state index in [1.54, 1.807) is 0 Å². The number of rotatable bonds is 6. The van der Waals surface area contributed by atoms with E-state index in [9.17, 15) is 4.79 Å². The van der Waals surface area contributed by atoms with Crippen molar-refractivity contribution in [3.8, 4) is 0 Å². The predicted molar refractivity (Wildman–Crippen MR) is 84.7 cm³/mol. The summed E-state index contributed by atoms with van der Waals surface area (Å²) in [4.78, 5) is 16.0. The van der Waals surface area contributed by atoms with Crippen LogP contribution in [0.15, 0.2) is 24.5 Å². The number of hydrogen-bond acceptors (Lipinski definition) is 3. The highest BCUT2D eigenvalue weighted by Gasteiger charge is 2.16. The smallest absolute Gasteiger partial charge is 0.241 e.